The Kier molecular flexibility index (Phi) is 7.06. The van der Waals surface area contributed by atoms with E-state index in [1.54, 1.807) is 0 Å². The Balaban J connectivity index is 1.74. The summed E-state index contributed by atoms with van der Waals surface area (Å²) in [6, 6.07) is 8.37. The molecule has 0 bridgehead atoms. The van der Waals surface area contributed by atoms with E-state index in [4.69, 9.17) is 0 Å². The minimum atomic E-state index is -3.24. The first-order valence-electron chi connectivity index (χ1n) is 8.77. The summed E-state index contributed by atoms with van der Waals surface area (Å²) < 4.78 is 27.1. The van der Waals surface area contributed by atoms with Gasteiger partial charge in [0.2, 0.25) is 10.0 Å². The molecule has 1 atom stereocenters. The molecule has 2 rings (SSSR count). The van der Waals surface area contributed by atoms with Crippen LogP contribution in [0, 0.1) is 6.92 Å². The number of nitrogens with one attached hydrogen (secondary N) is 1. The lowest BCUT2D eigenvalue weighted by molar-refractivity contribution is 0.143. The number of benzene rings is 1. The average molecular weight is 339 g/mol. The molecule has 5 heteroatoms. The molecule has 1 aliphatic rings. The highest BCUT2D eigenvalue weighted by atomic mass is 32.2. The lowest BCUT2D eigenvalue weighted by Gasteiger charge is -2.35. The Morgan fingerprint density at radius 3 is 2.87 bits per heavy atom. The molecule has 1 heterocycles. The minimum absolute atomic E-state index is 0.0655. The van der Waals surface area contributed by atoms with Gasteiger partial charge in [-0.3, -0.25) is 0 Å². The van der Waals surface area contributed by atoms with Crippen LogP contribution in [0.5, 0.6) is 0 Å². The van der Waals surface area contributed by atoms with Gasteiger partial charge in [0.25, 0.3) is 0 Å². The molecule has 130 valence electrons. The molecule has 0 amide bonds. The Labute approximate surface area is 141 Å². The summed E-state index contributed by atoms with van der Waals surface area (Å²) in [4.78, 5) is 2.53. The van der Waals surface area contributed by atoms with Gasteiger partial charge < -0.3 is 4.90 Å². The van der Waals surface area contributed by atoms with E-state index < -0.39 is 10.0 Å². The molecule has 0 saturated carbocycles. The molecule has 0 aromatic heterocycles. The molecule has 23 heavy (non-hydrogen) atoms. The lowest BCUT2D eigenvalue weighted by Crippen LogP contribution is -2.40. The first-order chi connectivity index (χ1) is 11.0. The fourth-order valence-corrected chi connectivity index (χ4v) is 4.57. The molecule has 0 aliphatic carbocycles. The lowest BCUT2D eigenvalue weighted by atomic mass is 10.00. The molecule has 1 aromatic carbocycles. The van der Waals surface area contributed by atoms with Crippen LogP contribution in [0.4, 0.5) is 0 Å². The summed E-state index contributed by atoms with van der Waals surface area (Å²) in [5.74, 6) is 0.0655. The highest BCUT2D eigenvalue weighted by Crippen LogP contribution is 2.19. The van der Waals surface area contributed by atoms with Crippen molar-refractivity contribution in [3.05, 3.63) is 35.4 Å². The van der Waals surface area contributed by atoms with Crippen LogP contribution >= 0.6 is 0 Å². The van der Waals surface area contributed by atoms with E-state index in [1.165, 1.54) is 25.7 Å². The van der Waals surface area contributed by atoms with Crippen LogP contribution in [-0.4, -0.2) is 39.0 Å². The standard InChI is InChI=1S/C18H30N2O2S/c1-3-18-10-4-5-12-20(18)13-7-11-19-23(21,22)15-17-9-6-8-16(2)14-17/h6,8-9,14,18-19H,3-5,7,10-13,15H2,1-2H3. The molecule has 0 spiro atoms. The monoisotopic (exact) mass is 338 g/mol. The molecule has 1 N–H and O–H groups in total. The van der Waals surface area contributed by atoms with E-state index in [0.29, 0.717) is 12.6 Å². The van der Waals surface area contributed by atoms with Crippen LogP contribution in [0.25, 0.3) is 0 Å². The SMILES string of the molecule is CCC1CCCCN1CCCNS(=O)(=O)Cc1cccc(C)c1. The molecule has 1 fully saturated rings. The van der Waals surface area contributed by atoms with E-state index in [-0.39, 0.29) is 5.75 Å². The first-order valence-corrected chi connectivity index (χ1v) is 10.4. The molecule has 4 nitrogen and oxygen atoms in total. The van der Waals surface area contributed by atoms with Crippen LogP contribution in [0.2, 0.25) is 0 Å². The van der Waals surface area contributed by atoms with Crippen molar-refractivity contribution in [3.63, 3.8) is 0 Å². The summed E-state index contributed by atoms with van der Waals surface area (Å²) in [7, 11) is -3.24. The van der Waals surface area contributed by atoms with Crippen molar-refractivity contribution in [2.24, 2.45) is 0 Å². The number of hydrogen-bond acceptors (Lipinski definition) is 3. The van der Waals surface area contributed by atoms with Gasteiger partial charge in [0.05, 0.1) is 5.75 Å². The van der Waals surface area contributed by atoms with Crippen molar-refractivity contribution in [3.8, 4) is 0 Å². The second-order valence-electron chi connectivity index (χ2n) is 6.59. The van der Waals surface area contributed by atoms with E-state index in [2.05, 4.69) is 16.5 Å². The van der Waals surface area contributed by atoms with Crippen LogP contribution in [-0.2, 0) is 15.8 Å². The minimum Gasteiger partial charge on any atom is -0.300 e. The summed E-state index contributed by atoms with van der Waals surface area (Å²) in [5.41, 5.74) is 1.94. The largest absolute Gasteiger partial charge is 0.300 e. The maximum atomic E-state index is 12.2. The summed E-state index contributed by atoms with van der Waals surface area (Å²) in [6.07, 6.45) is 5.96. The third-order valence-electron chi connectivity index (χ3n) is 4.60. The third kappa shape index (κ3) is 6.24. The highest BCUT2D eigenvalue weighted by molar-refractivity contribution is 7.88. The number of nitrogens with zero attached hydrogens (tertiary/aromatic N) is 1. The Morgan fingerprint density at radius 2 is 2.13 bits per heavy atom. The third-order valence-corrected chi connectivity index (χ3v) is 5.96. The van der Waals surface area contributed by atoms with Gasteiger partial charge in [0.15, 0.2) is 0 Å². The van der Waals surface area contributed by atoms with Crippen molar-refractivity contribution < 1.29 is 8.42 Å². The average Bonchev–Trinajstić information content (AvgIpc) is 2.51. The smallest absolute Gasteiger partial charge is 0.215 e. The number of likely N-dealkylation sites (tertiary alicyclic amines) is 1. The number of rotatable bonds is 8. The number of sulfonamides is 1. The van der Waals surface area contributed by atoms with Crippen LogP contribution in [0.1, 0.15) is 50.2 Å². The van der Waals surface area contributed by atoms with E-state index in [1.807, 2.05) is 31.2 Å². The number of piperidine rings is 1. The van der Waals surface area contributed by atoms with E-state index in [0.717, 1.165) is 30.6 Å². The van der Waals surface area contributed by atoms with Crippen molar-refractivity contribution >= 4 is 10.0 Å². The highest BCUT2D eigenvalue weighted by Gasteiger charge is 2.20. The Morgan fingerprint density at radius 1 is 1.30 bits per heavy atom. The quantitative estimate of drug-likeness (QED) is 0.741. The predicted octanol–water partition coefficient (Wildman–Crippen LogP) is 3.07. The van der Waals surface area contributed by atoms with Crippen LogP contribution < -0.4 is 4.72 Å². The maximum absolute atomic E-state index is 12.2. The van der Waals surface area contributed by atoms with Gasteiger partial charge in [-0.05, 0) is 51.3 Å². The van der Waals surface area contributed by atoms with Crippen molar-refractivity contribution in [2.45, 2.75) is 57.7 Å². The maximum Gasteiger partial charge on any atom is 0.215 e. The van der Waals surface area contributed by atoms with Crippen molar-refractivity contribution in [2.75, 3.05) is 19.6 Å². The molecule has 1 unspecified atom stereocenters. The summed E-state index contributed by atoms with van der Waals surface area (Å²) >= 11 is 0. The van der Waals surface area contributed by atoms with Gasteiger partial charge in [0.1, 0.15) is 0 Å². The van der Waals surface area contributed by atoms with Gasteiger partial charge in [0, 0.05) is 12.6 Å². The molecule has 1 aliphatic heterocycles. The summed E-state index contributed by atoms with van der Waals surface area (Å²) in [5, 5.41) is 0. The van der Waals surface area contributed by atoms with Gasteiger partial charge in [-0.15, -0.1) is 0 Å². The topological polar surface area (TPSA) is 49.4 Å². The zero-order valence-corrected chi connectivity index (χ0v) is 15.2. The van der Waals surface area contributed by atoms with Crippen LogP contribution in [0.15, 0.2) is 24.3 Å². The molecular weight excluding hydrogens is 308 g/mol. The number of hydrogen-bond donors (Lipinski definition) is 1. The molecular formula is C18H30N2O2S. The fourth-order valence-electron chi connectivity index (χ4n) is 3.40. The Hall–Kier alpha value is -0.910. The van der Waals surface area contributed by atoms with E-state index >= 15 is 0 Å². The van der Waals surface area contributed by atoms with Crippen LogP contribution in [0.3, 0.4) is 0 Å². The number of aryl methyl sites for hydroxylation is 1. The van der Waals surface area contributed by atoms with Gasteiger partial charge >= 0.3 is 0 Å². The summed E-state index contributed by atoms with van der Waals surface area (Å²) in [6.45, 7) is 6.90. The predicted molar refractivity (Wildman–Crippen MR) is 95.9 cm³/mol. The molecule has 1 saturated heterocycles. The zero-order chi connectivity index (χ0) is 16.7. The van der Waals surface area contributed by atoms with Gasteiger partial charge in [-0.2, -0.15) is 0 Å². The second kappa shape index (κ2) is 8.81. The first kappa shape index (κ1) is 18.4. The van der Waals surface area contributed by atoms with E-state index in [9.17, 15) is 8.42 Å². The van der Waals surface area contributed by atoms with Gasteiger partial charge in [-0.25, -0.2) is 13.1 Å². The van der Waals surface area contributed by atoms with Crippen molar-refractivity contribution in [1.82, 2.24) is 9.62 Å². The normalized spacial score (nSPS) is 19.8. The molecule has 0 radical (unpaired) electrons. The second-order valence-corrected chi connectivity index (χ2v) is 8.40. The fraction of sp³-hybridized carbons (Fsp3) is 0.667. The van der Waals surface area contributed by atoms with Gasteiger partial charge in [-0.1, -0.05) is 43.2 Å². The Bertz CT molecular complexity index is 586. The molecule has 1 aromatic rings. The van der Waals surface area contributed by atoms with Crippen molar-refractivity contribution in [1.29, 1.82) is 0 Å². The zero-order valence-electron chi connectivity index (χ0n) is 14.4.